The molecule has 2 heterocycles. The molecule has 2 rings (SSSR count). The van der Waals surface area contributed by atoms with Crippen molar-refractivity contribution in [1.29, 1.82) is 0 Å². The fourth-order valence-corrected chi connectivity index (χ4v) is 2.06. The third-order valence-electron chi connectivity index (χ3n) is 2.93. The van der Waals surface area contributed by atoms with E-state index in [1.54, 1.807) is 22.4 Å². The van der Waals surface area contributed by atoms with Crippen LogP contribution in [0.2, 0.25) is 0 Å². The Morgan fingerprint density at radius 3 is 2.68 bits per heavy atom. The first-order valence-corrected chi connectivity index (χ1v) is 6.41. The number of pyridine rings is 1. The minimum absolute atomic E-state index is 0.00382. The molecule has 0 saturated carbocycles. The minimum Gasteiger partial charge on any atom is -0.497 e. The van der Waals surface area contributed by atoms with Gasteiger partial charge >= 0.3 is 5.69 Å². The van der Waals surface area contributed by atoms with Crippen molar-refractivity contribution in [2.75, 3.05) is 7.11 Å². The number of hydrogen-bond acceptors (Lipinski definition) is 3. The summed E-state index contributed by atoms with van der Waals surface area (Å²) in [4.78, 5) is 16.5. The summed E-state index contributed by atoms with van der Waals surface area (Å²) in [5.41, 5.74) is 1.72. The molecule has 0 saturated heterocycles. The summed E-state index contributed by atoms with van der Waals surface area (Å²) in [6.07, 6.45) is 4.56. The number of aryl methyl sites for hydroxylation is 2. The molecule has 0 amide bonds. The molecule has 2 aromatic rings. The van der Waals surface area contributed by atoms with E-state index < -0.39 is 0 Å². The van der Waals surface area contributed by atoms with Crippen LogP contribution in [0.3, 0.4) is 0 Å². The van der Waals surface area contributed by atoms with E-state index in [4.69, 9.17) is 4.74 Å². The number of methoxy groups -OCH3 is 1. The number of rotatable bonds is 5. The summed E-state index contributed by atoms with van der Waals surface area (Å²) in [5.74, 6) is 0.767. The molecule has 19 heavy (non-hydrogen) atoms. The van der Waals surface area contributed by atoms with Crippen molar-refractivity contribution in [3.63, 3.8) is 0 Å². The SMILES string of the molecule is CCCn1ccn(Cc2cc(OC)cc(C)n2)c1=O. The molecule has 0 aromatic carbocycles. The summed E-state index contributed by atoms with van der Waals surface area (Å²) in [6, 6.07) is 3.73. The predicted molar refractivity (Wildman–Crippen MR) is 73.6 cm³/mol. The molecule has 0 aliphatic rings. The Kier molecular flexibility index (Phi) is 4.04. The van der Waals surface area contributed by atoms with Crippen LogP contribution in [0.25, 0.3) is 0 Å². The van der Waals surface area contributed by atoms with Crippen LogP contribution in [0.5, 0.6) is 5.75 Å². The molecule has 0 aliphatic heterocycles. The van der Waals surface area contributed by atoms with E-state index in [0.29, 0.717) is 6.54 Å². The molecule has 0 N–H and O–H groups in total. The molecular formula is C14H19N3O2. The van der Waals surface area contributed by atoms with Gasteiger partial charge in [-0.2, -0.15) is 0 Å². The van der Waals surface area contributed by atoms with Crippen molar-refractivity contribution in [3.05, 3.63) is 46.4 Å². The highest BCUT2D eigenvalue weighted by Crippen LogP contribution is 2.13. The zero-order valence-corrected chi connectivity index (χ0v) is 11.6. The van der Waals surface area contributed by atoms with Crippen molar-refractivity contribution in [1.82, 2.24) is 14.1 Å². The maximum absolute atomic E-state index is 12.1. The van der Waals surface area contributed by atoms with Gasteiger partial charge in [0.25, 0.3) is 0 Å². The van der Waals surface area contributed by atoms with E-state index in [2.05, 4.69) is 11.9 Å². The van der Waals surface area contributed by atoms with E-state index in [-0.39, 0.29) is 5.69 Å². The maximum Gasteiger partial charge on any atom is 0.328 e. The van der Waals surface area contributed by atoms with Crippen molar-refractivity contribution in [2.45, 2.75) is 33.4 Å². The van der Waals surface area contributed by atoms with Gasteiger partial charge in [-0.15, -0.1) is 0 Å². The summed E-state index contributed by atoms with van der Waals surface area (Å²) >= 11 is 0. The standard InChI is InChI=1S/C14H19N3O2/c1-4-5-16-6-7-17(14(16)18)10-12-9-13(19-3)8-11(2)15-12/h6-9H,4-5,10H2,1-3H3. The minimum atomic E-state index is 0.00382. The van der Waals surface area contributed by atoms with Gasteiger partial charge in [0.1, 0.15) is 5.75 Å². The van der Waals surface area contributed by atoms with Crippen LogP contribution in [0.4, 0.5) is 0 Å². The Labute approximate surface area is 112 Å². The Bertz CT molecular complexity index is 613. The molecule has 0 unspecified atom stereocenters. The van der Waals surface area contributed by atoms with Crippen molar-refractivity contribution in [2.24, 2.45) is 0 Å². The predicted octanol–water partition coefficient (Wildman–Crippen LogP) is 1.82. The second kappa shape index (κ2) is 5.73. The third kappa shape index (κ3) is 3.05. The van der Waals surface area contributed by atoms with Crippen LogP contribution in [0.1, 0.15) is 24.7 Å². The van der Waals surface area contributed by atoms with Gasteiger partial charge in [-0.05, 0) is 13.3 Å². The smallest absolute Gasteiger partial charge is 0.328 e. The van der Waals surface area contributed by atoms with Gasteiger partial charge < -0.3 is 4.74 Å². The number of nitrogens with zero attached hydrogens (tertiary/aromatic N) is 3. The number of aromatic nitrogens is 3. The lowest BCUT2D eigenvalue weighted by Gasteiger charge is -2.06. The molecule has 102 valence electrons. The van der Waals surface area contributed by atoms with Gasteiger partial charge in [-0.1, -0.05) is 6.92 Å². The summed E-state index contributed by atoms with van der Waals surface area (Å²) in [6.45, 7) is 5.18. The van der Waals surface area contributed by atoms with Crippen molar-refractivity contribution >= 4 is 0 Å². The van der Waals surface area contributed by atoms with Crippen LogP contribution in [0.15, 0.2) is 29.3 Å². The highest BCUT2D eigenvalue weighted by molar-refractivity contribution is 5.26. The van der Waals surface area contributed by atoms with Crippen LogP contribution < -0.4 is 10.4 Å². The van der Waals surface area contributed by atoms with E-state index in [0.717, 1.165) is 30.1 Å². The van der Waals surface area contributed by atoms with Crippen molar-refractivity contribution < 1.29 is 4.74 Å². The first-order valence-electron chi connectivity index (χ1n) is 6.41. The first kappa shape index (κ1) is 13.4. The summed E-state index contributed by atoms with van der Waals surface area (Å²) in [7, 11) is 1.63. The number of ether oxygens (including phenoxy) is 1. The van der Waals surface area contributed by atoms with Gasteiger partial charge in [0.15, 0.2) is 0 Å². The Hall–Kier alpha value is -2.04. The van der Waals surface area contributed by atoms with E-state index in [9.17, 15) is 4.79 Å². The largest absolute Gasteiger partial charge is 0.497 e. The average Bonchev–Trinajstić information content (AvgIpc) is 2.71. The first-order chi connectivity index (χ1) is 9.13. The zero-order valence-electron chi connectivity index (χ0n) is 11.6. The lowest BCUT2D eigenvalue weighted by atomic mass is 10.3. The Morgan fingerprint density at radius 1 is 1.26 bits per heavy atom. The van der Waals surface area contributed by atoms with E-state index >= 15 is 0 Å². The molecular weight excluding hydrogens is 242 g/mol. The van der Waals surface area contributed by atoms with Gasteiger partial charge in [0, 0.05) is 36.8 Å². The summed E-state index contributed by atoms with van der Waals surface area (Å²) in [5, 5.41) is 0. The fourth-order valence-electron chi connectivity index (χ4n) is 2.06. The van der Waals surface area contributed by atoms with Gasteiger partial charge in [0.05, 0.1) is 19.3 Å². The second-order valence-corrected chi connectivity index (χ2v) is 4.54. The topological polar surface area (TPSA) is 49.0 Å². The molecule has 5 nitrogen and oxygen atoms in total. The average molecular weight is 261 g/mol. The number of hydrogen-bond donors (Lipinski definition) is 0. The quantitative estimate of drug-likeness (QED) is 0.825. The Balaban J connectivity index is 2.26. The second-order valence-electron chi connectivity index (χ2n) is 4.54. The molecule has 0 bridgehead atoms. The highest BCUT2D eigenvalue weighted by Gasteiger charge is 2.06. The summed E-state index contributed by atoms with van der Waals surface area (Å²) < 4.78 is 8.59. The fraction of sp³-hybridized carbons (Fsp3) is 0.429. The normalized spacial score (nSPS) is 10.7. The number of imidazole rings is 1. The monoisotopic (exact) mass is 261 g/mol. The third-order valence-corrected chi connectivity index (χ3v) is 2.93. The van der Waals surface area contributed by atoms with Crippen LogP contribution in [0, 0.1) is 6.92 Å². The molecule has 0 aliphatic carbocycles. The zero-order chi connectivity index (χ0) is 13.8. The molecule has 0 fully saturated rings. The lowest BCUT2D eigenvalue weighted by molar-refractivity contribution is 0.412. The Morgan fingerprint density at radius 2 is 2.00 bits per heavy atom. The van der Waals surface area contributed by atoms with E-state index in [1.165, 1.54) is 0 Å². The lowest BCUT2D eigenvalue weighted by Crippen LogP contribution is -2.24. The molecule has 0 atom stereocenters. The van der Waals surface area contributed by atoms with Crippen molar-refractivity contribution in [3.8, 4) is 5.75 Å². The molecule has 0 radical (unpaired) electrons. The maximum atomic E-state index is 12.1. The van der Waals surface area contributed by atoms with Gasteiger partial charge in [-0.3, -0.25) is 14.1 Å². The highest BCUT2D eigenvalue weighted by atomic mass is 16.5. The van der Waals surface area contributed by atoms with Gasteiger partial charge in [-0.25, -0.2) is 4.79 Å². The van der Waals surface area contributed by atoms with Crippen LogP contribution >= 0.6 is 0 Å². The van der Waals surface area contributed by atoms with Crippen LogP contribution in [-0.4, -0.2) is 21.2 Å². The van der Waals surface area contributed by atoms with Gasteiger partial charge in [0.2, 0.25) is 0 Å². The molecule has 2 aromatic heterocycles. The van der Waals surface area contributed by atoms with Crippen LogP contribution in [-0.2, 0) is 13.1 Å². The molecule has 0 spiro atoms. The molecule has 5 heteroatoms. The van der Waals surface area contributed by atoms with E-state index in [1.807, 2.05) is 25.3 Å².